The quantitative estimate of drug-likeness (QED) is 0.254. The highest BCUT2D eigenvalue weighted by Crippen LogP contribution is 2.25. The van der Waals surface area contributed by atoms with E-state index in [1.807, 2.05) is 0 Å². The molecule has 4 heteroatoms. The molecule has 5 N–H and O–H groups in total. The Morgan fingerprint density at radius 1 is 0.739 bits per heavy atom. The zero-order chi connectivity index (χ0) is 17.6. The SMILES string of the molecule is CCCCCCCCCCCCCCC(C(O)O)C(N)(O)CC. The summed E-state index contributed by atoms with van der Waals surface area (Å²) in [5, 5.41) is 28.7. The molecule has 2 unspecified atom stereocenters. The van der Waals surface area contributed by atoms with Crippen molar-refractivity contribution in [1.82, 2.24) is 0 Å². The molecule has 0 fully saturated rings. The van der Waals surface area contributed by atoms with E-state index in [1.54, 1.807) is 6.92 Å². The number of unbranched alkanes of at least 4 members (excludes halogenated alkanes) is 11. The standard InChI is InChI=1S/C19H41NO3/c1-3-5-6-7-8-9-10-11-12-13-14-15-16-17(18(21)22)19(20,23)4-2/h17-18,21-23H,3-16,20H2,1-2H3. The van der Waals surface area contributed by atoms with Gasteiger partial charge in [0, 0.05) is 0 Å². The summed E-state index contributed by atoms with van der Waals surface area (Å²) in [4.78, 5) is 0. The first-order valence-corrected chi connectivity index (χ1v) is 9.83. The van der Waals surface area contributed by atoms with E-state index in [4.69, 9.17) is 5.73 Å². The van der Waals surface area contributed by atoms with E-state index < -0.39 is 17.9 Å². The molecule has 0 aromatic heterocycles. The zero-order valence-corrected chi connectivity index (χ0v) is 15.5. The largest absolute Gasteiger partial charge is 0.376 e. The molecule has 4 nitrogen and oxygen atoms in total. The van der Waals surface area contributed by atoms with Gasteiger partial charge < -0.3 is 21.1 Å². The molecular weight excluding hydrogens is 290 g/mol. The van der Waals surface area contributed by atoms with Crippen molar-refractivity contribution in [1.29, 1.82) is 0 Å². The molecule has 0 aromatic carbocycles. The average Bonchev–Trinajstić information content (AvgIpc) is 2.51. The van der Waals surface area contributed by atoms with Crippen LogP contribution in [0.5, 0.6) is 0 Å². The summed E-state index contributed by atoms with van der Waals surface area (Å²) in [5.74, 6) is -0.657. The highest BCUT2D eigenvalue weighted by Gasteiger charge is 2.34. The predicted octanol–water partition coefficient (Wildman–Crippen LogP) is 4.06. The maximum atomic E-state index is 9.99. The molecule has 0 amide bonds. The van der Waals surface area contributed by atoms with Crippen LogP contribution in [0.25, 0.3) is 0 Å². The summed E-state index contributed by atoms with van der Waals surface area (Å²) >= 11 is 0. The van der Waals surface area contributed by atoms with Crippen LogP contribution in [-0.2, 0) is 0 Å². The Morgan fingerprint density at radius 3 is 1.48 bits per heavy atom. The molecule has 0 spiro atoms. The Labute approximate surface area is 143 Å². The van der Waals surface area contributed by atoms with Gasteiger partial charge >= 0.3 is 0 Å². The molecule has 0 aliphatic rings. The number of rotatable bonds is 16. The molecular formula is C19H41NO3. The van der Waals surface area contributed by atoms with Crippen molar-refractivity contribution in [2.45, 2.75) is 116 Å². The summed E-state index contributed by atoms with van der Waals surface area (Å²) in [6.07, 6.45) is 14.6. The van der Waals surface area contributed by atoms with Crippen LogP contribution in [0.1, 0.15) is 104 Å². The number of hydrogen-bond acceptors (Lipinski definition) is 4. The van der Waals surface area contributed by atoms with E-state index in [2.05, 4.69) is 6.92 Å². The van der Waals surface area contributed by atoms with Crippen molar-refractivity contribution in [3.63, 3.8) is 0 Å². The molecule has 23 heavy (non-hydrogen) atoms. The summed E-state index contributed by atoms with van der Waals surface area (Å²) in [5.41, 5.74) is 4.26. The third kappa shape index (κ3) is 11.9. The zero-order valence-electron chi connectivity index (χ0n) is 15.5. The van der Waals surface area contributed by atoms with Crippen LogP contribution in [0.15, 0.2) is 0 Å². The van der Waals surface area contributed by atoms with Crippen molar-refractivity contribution in [3.8, 4) is 0 Å². The van der Waals surface area contributed by atoms with E-state index >= 15 is 0 Å². The van der Waals surface area contributed by atoms with Gasteiger partial charge in [0.05, 0.1) is 5.92 Å². The van der Waals surface area contributed by atoms with Crippen molar-refractivity contribution in [2.75, 3.05) is 0 Å². The maximum absolute atomic E-state index is 9.99. The molecule has 0 aliphatic carbocycles. The van der Waals surface area contributed by atoms with Crippen molar-refractivity contribution in [2.24, 2.45) is 11.7 Å². The third-order valence-corrected chi connectivity index (χ3v) is 4.94. The van der Waals surface area contributed by atoms with E-state index in [1.165, 1.54) is 64.2 Å². The van der Waals surface area contributed by atoms with Crippen molar-refractivity contribution >= 4 is 0 Å². The second-order valence-electron chi connectivity index (χ2n) is 7.04. The Kier molecular flexibility index (Phi) is 14.1. The lowest BCUT2D eigenvalue weighted by atomic mass is 9.88. The number of hydrogen-bond donors (Lipinski definition) is 4. The first-order valence-electron chi connectivity index (χ1n) is 9.83. The van der Waals surface area contributed by atoms with Crippen LogP contribution in [0.3, 0.4) is 0 Å². The van der Waals surface area contributed by atoms with Crippen LogP contribution in [0.4, 0.5) is 0 Å². The minimum atomic E-state index is -1.54. The highest BCUT2D eigenvalue weighted by atomic mass is 16.5. The smallest absolute Gasteiger partial charge is 0.158 e. The van der Waals surface area contributed by atoms with Crippen LogP contribution >= 0.6 is 0 Å². The molecule has 0 saturated heterocycles. The Morgan fingerprint density at radius 2 is 1.13 bits per heavy atom. The van der Waals surface area contributed by atoms with Crippen LogP contribution in [0.2, 0.25) is 0 Å². The van der Waals surface area contributed by atoms with Gasteiger partial charge in [-0.05, 0) is 12.8 Å². The molecule has 140 valence electrons. The normalized spacial score (nSPS) is 15.8. The van der Waals surface area contributed by atoms with Gasteiger partial charge in [-0.3, -0.25) is 0 Å². The minimum absolute atomic E-state index is 0.327. The lowest BCUT2D eigenvalue weighted by molar-refractivity contribution is -0.158. The van der Waals surface area contributed by atoms with Gasteiger partial charge in [-0.1, -0.05) is 90.9 Å². The molecule has 0 radical (unpaired) electrons. The summed E-state index contributed by atoms with van der Waals surface area (Å²) in [7, 11) is 0. The second kappa shape index (κ2) is 14.2. The second-order valence-corrected chi connectivity index (χ2v) is 7.04. The molecule has 0 bridgehead atoms. The molecule has 0 saturated carbocycles. The Balaban J connectivity index is 3.50. The van der Waals surface area contributed by atoms with E-state index in [-0.39, 0.29) is 0 Å². The van der Waals surface area contributed by atoms with Gasteiger partial charge in [0.15, 0.2) is 6.29 Å². The number of nitrogens with two attached hydrogens (primary N) is 1. The van der Waals surface area contributed by atoms with Crippen molar-refractivity contribution < 1.29 is 15.3 Å². The van der Waals surface area contributed by atoms with Crippen LogP contribution in [-0.4, -0.2) is 27.3 Å². The molecule has 0 aromatic rings. The van der Waals surface area contributed by atoms with Crippen LogP contribution in [0, 0.1) is 5.92 Å². The monoisotopic (exact) mass is 331 g/mol. The van der Waals surface area contributed by atoms with Gasteiger partial charge in [0.25, 0.3) is 0 Å². The number of aliphatic hydroxyl groups excluding tert-OH is 1. The lowest BCUT2D eigenvalue weighted by Crippen LogP contribution is -2.51. The third-order valence-electron chi connectivity index (χ3n) is 4.94. The van der Waals surface area contributed by atoms with Gasteiger partial charge in [-0.2, -0.15) is 0 Å². The summed E-state index contributed by atoms with van der Waals surface area (Å²) in [6.45, 7) is 4.01. The fourth-order valence-electron chi connectivity index (χ4n) is 3.12. The first-order chi connectivity index (χ1) is 11.0. The van der Waals surface area contributed by atoms with Crippen molar-refractivity contribution in [3.05, 3.63) is 0 Å². The maximum Gasteiger partial charge on any atom is 0.158 e. The summed E-state index contributed by atoms with van der Waals surface area (Å²) < 4.78 is 0. The van der Waals surface area contributed by atoms with E-state index in [0.717, 1.165) is 12.8 Å². The average molecular weight is 332 g/mol. The van der Waals surface area contributed by atoms with Gasteiger partial charge in [0.2, 0.25) is 0 Å². The van der Waals surface area contributed by atoms with E-state index in [0.29, 0.717) is 12.8 Å². The Bertz CT molecular complexity index is 257. The van der Waals surface area contributed by atoms with Gasteiger partial charge in [-0.15, -0.1) is 0 Å². The lowest BCUT2D eigenvalue weighted by Gasteiger charge is -2.33. The highest BCUT2D eigenvalue weighted by molar-refractivity contribution is 4.80. The predicted molar refractivity (Wildman–Crippen MR) is 96.8 cm³/mol. The summed E-state index contributed by atoms with van der Waals surface area (Å²) in [6, 6.07) is 0. The molecule has 0 aliphatic heterocycles. The molecule has 2 atom stereocenters. The Hall–Kier alpha value is -0.160. The molecule has 0 rings (SSSR count). The van der Waals surface area contributed by atoms with Crippen LogP contribution < -0.4 is 5.73 Å². The first kappa shape index (κ1) is 22.8. The topological polar surface area (TPSA) is 86.7 Å². The van der Waals surface area contributed by atoms with Gasteiger partial charge in [0.1, 0.15) is 5.72 Å². The van der Waals surface area contributed by atoms with Gasteiger partial charge in [-0.25, -0.2) is 0 Å². The molecule has 0 heterocycles. The fourth-order valence-corrected chi connectivity index (χ4v) is 3.12. The minimum Gasteiger partial charge on any atom is -0.376 e. The fraction of sp³-hybridized carbons (Fsp3) is 1.00. The van der Waals surface area contributed by atoms with E-state index in [9.17, 15) is 15.3 Å². The number of aliphatic hydroxyl groups is 3.